The SMILES string of the molecule is C=C(/C=C\C=C/CC)C(O)CCN=C=O. The van der Waals surface area contributed by atoms with Crippen molar-refractivity contribution >= 4 is 6.08 Å². The molecule has 15 heavy (non-hydrogen) atoms. The zero-order valence-electron chi connectivity index (χ0n) is 9.02. The third-order valence-corrected chi connectivity index (χ3v) is 1.80. The highest BCUT2D eigenvalue weighted by Crippen LogP contribution is 2.05. The van der Waals surface area contributed by atoms with Crippen LogP contribution < -0.4 is 0 Å². The first kappa shape index (κ1) is 13.6. The lowest BCUT2D eigenvalue weighted by atomic mass is 10.1. The summed E-state index contributed by atoms with van der Waals surface area (Å²) in [6.45, 7) is 6.05. The number of hydrogen-bond donors (Lipinski definition) is 1. The van der Waals surface area contributed by atoms with Gasteiger partial charge in [-0.05, 0) is 18.4 Å². The number of hydrogen-bond acceptors (Lipinski definition) is 3. The van der Waals surface area contributed by atoms with E-state index in [0.29, 0.717) is 12.0 Å². The summed E-state index contributed by atoms with van der Waals surface area (Å²) >= 11 is 0. The van der Waals surface area contributed by atoms with Crippen LogP contribution in [0.4, 0.5) is 0 Å². The van der Waals surface area contributed by atoms with Gasteiger partial charge in [-0.15, -0.1) is 0 Å². The molecule has 3 nitrogen and oxygen atoms in total. The third-order valence-electron chi connectivity index (χ3n) is 1.80. The Balaban J connectivity index is 3.92. The second kappa shape index (κ2) is 9.13. The van der Waals surface area contributed by atoms with Crippen LogP contribution in [0.1, 0.15) is 19.8 Å². The predicted octanol–water partition coefficient (Wildman–Crippen LogP) is 2.15. The summed E-state index contributed by atoms with van der Waals surface area (Å²) in [6, 6.07) is 0. The zero-order chi connectivity index (χ0) is 11.5. The van der Waals surface area contributed by atoms with E-state index in [1.54, 1.807) is 6.08 Å². The summed E-state index contributed by atoms with van der Waals surface area (Å²) in [4.78, 5) is 13.1. The van der Waals surface area contributed by atoms with Crippen LogP contribution in [0.2, 0.25) is 0 Å². The minimum Gasteiger partial charge on any atom is -0.388 e. The fraction of sp³-hybridized carbons (Fsp3) is 0.417. The van der Waals surface area contributed by atoms with Crippen molar-refractivity contribution in [2.45, 2.75) is 25.9 Å². The van der Waals surface area contributed by atoms with Crippen LogP contribution in [0.15, 0.2) is 41.4 Å². The molecule has 0 radical (unpaired) electrons. The quantitative estimate of drug-likeness (QED) is 0.395. The maximum absolute atomic E-state index is 9.78. The number of aliphatic hydroxyl groups excluding tert-OH is 1. The van der Waals surface area contributed by atoms with Crippen LogP contribution in [0.3, 0.4) is 0 Å². The van der Waals surface area contributed by atoms with Crippen molar-refractivity contribution in [1.29, 1.82) is 0 Å². The summed E-state index contributed by atoms with van der Waals surface area (Å²) in [5.41, 5.74) is 0.622. The van der Waals surface area contributed by atoms with Gasteiger partial charge in [0.15, 0.2) is 0 Å². The molecule has 0 heterocycles. The fourth-order valence-electron chi connectivity index (χ4n) is 0.923. The number of allylic oxidation sites excluding steroid dienone is 3. The van der Waals surface area contributed by atoms with E-state index in [2.05, 4.69) is 11.6 Å². The number of rotatable bonds is 7. The first-order chi connectivity index (χ1) is 7.22. The van der Waals surface area contributed by atoms with Crippen LogP contribution in [0.25, 0.3) is 0 Å². The Morgan fingerprint density at radius 2 is 2.33 bits per heavy atom. The molecule has 0 aliphatic heterocycles. The summed E-state index contributed by atoms with van der Waals surface area (Å²) in [7, 11) is 0. The van der Waals surface area contributed by atoms with E-state index in [1.807, 2.05) is 25.2 Å². The number of isocyanates is 1. The lowest BCUT2D eigenvalue weighted by Gasteiger charge is -2.07. The third kappa shape index (κ3) is 7.62. The van der Waals surface area contributed by atoms with Gasteiger partial charge >= 0.3 is 0 Å². The normalized spacial score (nSPS) is 12.9. The molecule has 0 aliphatic rings. The molecule has 0 aliphatic carbocycles. The molecule has 0 fully saturated rings. The monoisotopic (exact) mass is 207 g/mol. The fourth-order valence-corrected chi connectivity index (χ4v) is 0.923. The van der Waals surface area contributed by atoms with Gasteiger partial charge in [0.25, 0.3) is 0 Å². The predicted molar refractivity (Wildman–Crippen MR) is 61.3 cm³/mol. The molecule has 0 spiro atoms. The highest BCUT2D eigenvalue weighted by atomic mass is 16.3. The van der Waals surface area contributed by atoms with Gasteiger partial charge in [0.1, 0.15) is 0 Å². The first-order valence-corrected chi connectivity index (χ1v) is 4.96. The van der Waals surface area contributed by atoms with E-state index in [4.69, 9.17) is 0 Å². The summed E-state index contributed by atoms with van der Waals surface area (Å²) in [5, 5.41) is 9.54. The van der Waals surface area contributed by atoms with E-state index < -0.39 is 6.10 Å². The van der Waals surface area contributed by atoms with Gasteiger partial charge < -0.3 is 5.11 Å². The number of nitrogens with zero attached hydrogens (tertiary/aromatic N) is 1. The molecule has 0 rings (SSSR count). The first-order valence-electron chi connectivity index (χ1n) is 4.96. The number of aliphatic imine (C=N–C) groups is 1. The summed E-state index contributed by atoms with van der Waals surface area (Å²) in [6.07, 6.45) is 9.65. The van der Waals surface area contributed by atoms with Crippen molar-refractivity contribution in [2.24, 2.45) is 4.99 Å². The Hall–Kier alpha value is -1.44. The molecule has 82 valence electrons. The molecular weight excluding hydrogens is 190 g/mol. The van der Waals surface area contributed by atoms with Gasteiger partial charge in [0.2, 0.25) is 6.08 Å². The van der Waals surface area contributed by atoms with Crippen molar-refractivity contribution < 1.29 is 9.90 Å². The van der Waals surface area contributed by atoms with E-state index in [-0.39, 0.29) is 6.54 Å². The minimum absolute atomic E-state index is 0.280. The topological polar surface area (TPSA) is 49.7 Å². The van der Waals surface area contributed by atoms with Crippen molar-refractivity contribution in [2.75, 3.05) is 6.54 Å². The zero-order valence-corrected chi connectivity index (χ0v) is 9.02. The summed E-state index contributed by atoms with van der Waals surface area (Å²) < 4.78 is 0. The van der Waals surface area contributed by atoms with Crippen LogP contribution in [0.5, 0.6) is 0 Å². The number of aliphatic hydroxyl groups is 1. The molecule has 1 atom stereocenters. The molecule has 0 amide bonds. The molecular formula is C12H17NO2. The van der Waals surface area contributed by atoms with E-state index >= 15 is 0 Å². The van der Waals surface area contributed by atoms with Gasteiger partial charge in [-0.2, -0.15) is 0 Å². The Kier molecular flexibility index (Phi) is 8.25. The van der Waals surface area contributed by atoms with Crippen molar-refractivity contribution in [3.63, 3.8) is 0 Å². The molecule has 0 aromatic heterocycles. The van der Waals surface area contributed by atoms with Gasteiger partial charge in [-0.3, -0.25) is 0 Å². The average Bonchev–Trinajstić information content (AvgIpc) is 2.24. The smallest absolute Gasteiger partial charge is 0.234 e. The minimum atomic E-state index is -0.645. The highest BCUT2D eigenvalue weighted by Gasteiger charge is 2.04. The molecule has 0 bridgehead atoms. The standard InChI is InChI=1S/C12H17NO2/c1-3-4-5-6-7-11(2)12(15)8-9-13-10-14/h4-7,12,15H,2-3,8-9H2,1H3/b5-4-,7-6-. The van der Waals surface area contributed by atoms with Crippen molar-refractivity contribution in [3.05, 3.63) is 36.5 Å². The largest absolute Gasteiger partial charge is 0.388 e. The van der Waals surface area contributed by atoms with E-state index in [9.17, 15) is 9.90 Å². The lowest BCUT2D eigenvalue weighted by Crippen LogP contribution is -2.09. The van der Waals surface area contributed by atoms with Crippen LogP contribution in [-0.4, -0.2) is 23.8 Å². The average molecular weight is 207 g/mol. The Morgan fingerprint density at radius 3 is 2.93 bits per heavy atom. The van der Waals surface area contributed by atoms with Crippen molar-refractivity contribution in [3.8, 4) is 0 Å². The molecule has 1 unspecified atom stereocenters. The van der Waals surface area contributed by atoms with Gasteiger partial charge in [0, 0.05) is 0 Å². The molecule has 1 N–H and O–H groups in total. The van der Waals surface area contributed by atoms with Gasteiger partial charge in [-0.1, -0.05) is 37.8 Å². The van der Waals surface area contributed by atoms with E-state index in [1.165, 1.54) is 6.08 Å². The Labute approximate surface area is 90.5 Å². The maximum atomic E-state index is 9.78. The Bertz CT molecular complexity index is 286. The van der Waals surface area contributed by atoms with Crippen LogP contribution >= 0.6 is 0 Å². The molecule has 0 saturated carbocycles. The maximum Gasteiger partial charge on any atom is 0.234 e. The second-order valence-corrected chi connectivity index (χ2v) is 3.05. The van der Waals surface area contributed by atoms with Crippen molar-refractivity contribution in [1.82, 2.24) is 0 Å². The molecule has 3 heteroatoms. The van der Waals surface area contributed by atoms with Crippen LogP contribution in [0, 0.1) is 0 Å². The lowest BCUT2D eigenvalue weighted by molar-refractivity contribution is 0.207. The summed E-state index contributed by atoms with van der Waals surface area (Å²) in [5.74, 6) is 0. The van der Waals surface area contributed by atoms with Crippen LogP contribution in [-0.2, 0) is 4.79 Å². The Morgan fingerprint density at radius 1 is 1.60 bits per heavy atom. The molecule has 0 aromatic carbocycles. The number of carbonyl (C=O) groups excluding carboxylic acids is 1. The van der Waals surface area contributed by atoms with Gasteiger partial charge in [-0.25, -0.2) is 9.79 Å². The second-order valence-electron chi connectivity index (χ2n) is 3.05. The van der Waals surface area contributed by atoms with E-state index in [0.717, 1.165) is 6.42 Å². The molecule has 0 saturated heterocycles. The van der Waals surface area contributed by atoms with Gasteiger partial charge in [0.05, 0.1) is 12.6 Å². The highest BCUT2D eigenvalue weighted by molar-refractivity contribution is 5.32. The molecule has 0 aromatic rings.